The Labute approximate surface area is 200 Å². The Morgan fingerprint density at radius 3 is 2.62 bits per heavy atom. The lowest BCUT2D eigenvalue weighted by molar-refractivity contribution is -0.122. The van der Waals surface area contributed by atoms with E-state index < -0.39 is 5.69 Å². The normalized spacial score (nSPS) is 10.9. The summed E-state index contributed by atoms with van der Waals surface area (Å²) in [4.78, 5) is 30.8. The van der Waals surface area contributed by atoms with Crippen molar-refractivity contribution in [3.05, 3.63) is 76.0 Å². The molecule has 0 bridgehead atoms. The summed E-state index contributed by atoms with van der Waals surface area (Å²) in [7, 11) is 3.12. The quantitative estimate of drug-likeness (QED) is 0.415. The lowest BCUT2D eigenvalue weighted by atomic mass is 10.2. The van der Waals surface area contributed by atoms with Crippen LogP contribution in [0.3, 0.4) is 0 Å². The summed E-state index contributed by atoms with van der Waals surface area (Å²) in [5.41, 5.74) is 3.13. The number of carbonyl (C=O) groups excluding carboxylic acids is 1. The Balaban J connectivity index is 1.50. The van der Waals surface area contributed by atoms with Crippen molar-refractivity contribution in [1.29, 1.82) is 0 Å². The molecular formula is C24H25N5O4S. The van der Waals surface area contributed by atoms with Crippen molar-refractivity contribution in [3.63, 3.8) is 0 Å². The highest BCUT2D eigenvalue weighted by Crippen LogP contribution is 2.31. The molecule has 0 aliphatic rings. The summed E-state index contributed by atoms with van der Waals surface area (Å²) in [6.45, 7) is 4.14. The van der Waals surface area contributed by atoms with Crippen LogP contribution in [-0.4, -0.2) is 39.3 Å². The van der Waals surface area contributed by atoms with Gasteiger partial charge in [-0.1, -0.05) is 35.5 Å². The zero-order chi connectivity index (χ0) is 24.2. The van der Waals surface area contributed by atoms with E-state index in [0.29, 0.717) is 22.2 Å². The number of benzene rings is 2. The van der Waals surface area contributed by atoms with Crippen LogP contribution in [0.2, 0.25) is 0 Å². The van der Waals surface area contributed by atoms with E-state index in [4.69, 9.17) is 9.47 Å². The molecule has 1 N–H and O–H groups in total. The second kappa shape index (κ2) is 10.0. The van der Waals surface area contributed by atoms with Crippen molar-refractivity contribution in [3.8, 4) is 11.5 Å². The lowest BCUT2D eigenvalue weighted by Crippen LogP contribution is -2.32. The molecule has 0 aliphatic carbocycles. The average Bonchev–Trinajstić information content (AvgIpc) is 3.15. The van der Waals surface area contributed by atoms with E-state index >= 15 is 0 Å². The Bertz CT molecular complexity index is 1410. The fourth-order valence-corrected chi connectivity index (χ4v) is 4.41. The van der Waals surface area contributed by atoms with Crippen molar-refractivity contribution in [2.24, 2.45) is 0 Å². The topological polar surface area (TPSA) is 99.7 Å². The molecule has 0 atom stereocenters. The number of aromatic nitrogens is 4. The van der Waals surface area contributed by atoms with E-state index in [0.717, 1.165) is 20.7 Å². The molecule has 4 rings (SSSR count). The van der Waals surface area contributed by atoms with Crippen molar-refractivity contribution in [2.75, 3.05) is 14.2 Å². The molecule has 1 amide bonds. The first-order valence-electron chi connectivity index (χ1n) is 10.6. The number of methoxy groups -OCH3 is 2. The predicted molar refractivity (Wildman–Crippen MR) is 129 cm³/mol. The molecule has 0 saturated heterocycles. The van der Waals surface area contributed by atoms with Crippen LogP contribution in [0.5, 0.6) is 11.5 Å². The number of hydrogen-bond acceptors (Lipinski definition) is 7. The highest BCUT2D eigenvalue weighted by molar-refractivity contribution is 7.99. The van der Waals surface area contributed by atoms with Crippen molar-refractivity contribution < 1.29 is 14.3 Å². The molecule has 176 valence electrons. The number of rotatable bonds is 8. The first-order chi connectivity index (χ1) is 16.4. The molecular weight excluding hydrogens is 454 g/mol. The fourth-order valence-electron chi connectivity index (χ4n) is 3.50. The Morgan fingerprint density at radius 2 is 1.88 bits per heavy atom. The summed E-state index contributed by atoms with van der Waals surface area (Å²) in [6.07, 6.45) is 3.11. The van der Waals surface area contributed by atoms with Gasteiger partial charge >= 0.3 is 5.69 Å². The maximum Gasteiger partial charge on any atom is 0.350 e. The van der Waals surface area contributed by atoms with Crippen molar-refractivity contribution >= 4 is 23.3 Å². The molecule has 0 saturated carbocycles. The summed E-state index contributed by atoms with van der Waals surface area (Å²) < 4.78 is 13.1. The second-order valence-electron chi connectivity index (χ2n) is 7.70. The molecule has 0 aliphatic heterocycles. The number of nitrogens with zero attached hydrogens (tertiary/aromatic N) is 4. The molecule has 0 fully saturated rings. The smallest absolute Gasteiger partial charge is 0.350 e. The minimum Gasteiger partial charge on any atom is -0.493 e. The van der Waals surface area contributed by atoms with Crippen molar-refractivity contribution in [1.82, 2.24) is 24.5 Å². The van der Waals surface area contributed by atoms with Crippen LogP contribution in [0.1, 0.15) is 16.7 Å². The highest BCUT2D eigenvalue weighted by Gasteiger charge is 2.16. The van der Waals surface area contributed by atoms with E-state index in [1.54, 1.807) is 38.7 Å². The van der Waals surface area contributed by atoms with Gasteiger partial charge in [-0.05, 0) is 43.2 Å². The van der Waals surface area contributed by atoms with Crippen LogP contribution in [0.25, 0.3) is 5.65 Å². The Kier molecular flexibility index (Phi) is 6.87. The first-order valence-corrected chi connectivity index (χ1v) is 11.4. The lowest BCUT2D eigenvalue weighted by Gasteiger charge is -2.10. The number of fused-ring (bicyclic) bond motifs is 1. The van der Waals surface area contributed by atoms with Crippen molar-refractivity contribution in [2.45, 2.75) is 36.9 Å². The molecule has 0 radical (unpaired) electrons. The summed E-state index contributed by atoms with van der Waals surface area (Å²) in [5.74, 6) is 0.848. The summed E-state index contributed by atoms with van der Waals surface area (Å²) in [6, 6.07) is 11.5. The first kappa shape index (κ1) is 23.4. The number of nitrogens with one attached hydrogen (secondary N) is 1. The number of aryl methyl sites for hydroxylation is 2. The van der Waals surface area contributed by atoms with Crippen LogP contribution in [-0.2, 0) is 17.9 Å². The van der Waals surface area contributed by atoms with Crippen LogP contribution >= 0.6 is 11.8 Å². The van der Waals surface area contributed by atoms with E-state index in [2.05, 4.69) is 21.5 Å². The maximum absolute atomic E-state index is 12.8. The molecule has 0 spiro atoms. The van der Waals surface area contributed by atoms with Gasteiger partial charge in [-0.25, -0.2) is 18.9 Å². The molecule has 34 heavy (non-hydrogen) atoms. The van der Waals surface area contributed by atoms with E-state index in [1.807, 2.05) is 32.0 Å². The van der Waals surface area contributed by atoms with Gasteiger partial charge in [0.2, 0.25) is 5.91 Å². The predicted octanol–water partition coefficient (Wildman–Crippen LogP) is 2.99. The second-order valence-corrected chi connectivity index (χ2v) is 8.73. The molecule has 2 aromatic heterocycles. The number of hydrogen-bond donors (Lipinski definition) is 1. The molecule has 2 heterocycles. The SMILES string of the molecule is COc1ccc(CNC(=O)Cn2nc3c(Sc4ccc(C)cc4C)nccn3c2=O)cc1OC. The minimum atomic E-state index is -0.402. The van der Waals surface area contributed by atoms with Crippen LogP contribution < -0.4 is 20.5 Å². The largest absolute Gasteiger partial charge is 0.493 e. The zero-order valence-corrected chi connectivity index (χ0v) is 20.2. The van der Waals surface area contributed by atoms with Crippen LogP contribution in [0.15, 0.2) is 63.5 Å². The summed E-state index contributed by atoms with van der Waals surface area (Å²) in [5, 5.41) is 7.79. The van der Waals surface area contributed by atoms with Gasteiger partial charge in [-0.2, -0.15) is 0 Å². The average molecular weight is 480 g/mol. The third kappa shape index (κ3) is 4.91. The minimum absolute atomic E-state index is 0.207. The zero-order valence-electron chi connectivity index (χ0n) is 19.4. The van der Waals surface area contributed by atoms with Gasteiger partial charge in [0.15, 0.2) is 17.1 Å². The van der Waals surface area contributed by atoms with Gasteiger partial charge in [0, 0.05) is 23.8 Å². The monoisotopic (exact) mass is 479 g/mol. The van der Waals surface area contributed by atoms with E-state index in [9.17, 15) is 9.59 Å². The third-order valence-electron chi connectivity index (χ3n) is 5.24. The Morgan fingerprint density at radius 1 is 1.09 bits per heavy atom. The molecule has 0 unspecified atom stereocenters. The molecule has 4 aromatic rings. The molecule has 9 nitrogen and oxygen atoms in total. The van der Waals surface area contributed by atoms with Gasteiger partial charge in [0.25, 0.3) is 0 Å². The molecule has 2 aromatic carbocycles. The summed E-state index contributed by atoms with van der Waals surface area (Å²) >= 11 is 1.44. The standard InChI is InChI=1S/C24H25N5O4S/c1-15-5-8-20(16(2)11-15)34-23-22-27-29(24(31)28(22)10-9-25-23)14-21(30)26-13-17-6-7-18(32-3)19(12-17)33-4/h5-12H,13-14H2,1-4H3,(H,26,30). The molecule has 10 heteroatoms. The van der Waals surface area contributed by atoms with Gasteiger partial charge < -0.3 is 14.8 Å². The van der Waals surface area contributed by atoms with Gasteiger partial charge in [0.1, 0.15) is 11.6 Å². The van der Waals surface area contributed by atoms with E-state index in [1.165, 1.54) is 21.7 Å². The Hall–Kier alpha value is -3.79. The highest BCUT2D eigenvalue weighted by atomic mass is 32.2. The van der Waals surface area contributed by atoms with Gasteiger partial charge in [-0.15, -0.1) is 5.10 Å². The van der Waals surface area contributed by atoms with Gasteiger partial charge in [-0.3, -0.25) is 4.79 Å². The number of amides is 1. The van der Waals surface area contributed by atoms with Gasteiger partial charge in [0.05, 0.1) is 14.2 Å². The number of carbonyl (C=O) groups is 1. The maximum atomic E-state index is 12.8. The van der Waals surface area contributed by atoms with Crippen LogP contribution in [0.4, 0.5) is 0 Å². The number of ether oxygens (including phenoxy) is 2. The van der Waals surface area contributed by atoms with Crippen LogP contribution in [0, 0.1) is 13.8 Å². The van der Waals surface area contributed by atoms with E-state index in [-0.39, 0.29) is 19.0 Å². The fraction of sp³-hybridized carbons (Fsp3) is 0.250. The third-order valence-corrected chi connectivity index (χ3v) is 6.40.